The minimum Gasteiger partial charge on any atom is -0.372 e. The van der Waals surface area contributed by atoms with Crippen molar-refractivity contribution in [2.24, 2.45) is 7.05 Å². The van der Waals surface area contributed by atoms with Gasteiger partial charge in [-0.1, -0.05) is 20.8 Å². The summed E-state index contributed by atoms with van der Waals surface area (Å²) in [6.45, 7) is 8.38. The van der Waals surface area contributed by atoms with Crippen LogP contribution in [0.4, 0.5) is 5.82 Å². The Morgan fingerprint density at radius 1 is 1.25 bits per heavy atom. The van der Waals surface area contributed by atoms with Crippen molar-refractivity contribution in [2.75, 3.05) is 12.4 Å². The van der Waals surface area contributed by atoms with Crippen molar-refractivity contribution >= 4 is 21.7 Å². The summed E-state index contributed by atoms with van der Waals surface area (Å²) < 4.78 is 2.70. The van der Waals surface area contributed by atoms with Crippen molar-refractivity contribution in [3.63, 3.8) is 0 Å². The van der Waals surface area contributed by atoms with Gasteiger partial charge in [-0.05, 0) is 22.9 Å². The van der Waals surface area contributed by atoms with Gasteiger partial charge in [0.1, 0.15) is 5.82 Å². The number of anilines is 1. The molecule has 108 valence electrons. The molecule has 20 heavy (non-hydrogen) atoms. The van der Waals surface area contributed by atoms with Gasteiger partial charge in [0.25, 0.3) is 0 Å². The third-order valence-electron chi connectivity index (χ3n) is 3.05. The Bertz CT molecular complexity index is 640. The molecule has 0 saturated carbocycles. The average molecular weight is 338 g/mol. The van der Waals surface area contributed by atoms with Gasteiger partial charge in [0.05, 0.1) is 21.4 Å². The highest BCUT2D eigenvalue weighted by Crippen LogP contribution is 2.34. The first-order chi connectivity index (χ1) is 9.24. The number of aryl methyl sites for hydroxylation is 2. The molecular formula is C14H20BrN5. The molecule has 0 bridgehead atoms. The number of hydrogen-bond acceptors (Lipinski definition) is 4. The highest BCUT2D eigenvalue weighted by Gasteiger charge is 2.24. The van der Waals surface area contributed by atoms with Gasteiger partial charge in [-0.2, -0.15) is 5.10 Å². The van der Waals surface area contributed by atoms with Crippen LogP contribution in [0.2, 0.25) is 0 Å². The van der Waals surface area contributed by atoms with E-state index in [1.165, 1.54) is 0 Å². The lowest BCUT2D eigenvalue weighted by Crippen LogP contribution is -2.17. The number of halogens is 1. The lowest BCUT2D eigenvalue weighted by Gasteiger charge is -2.21. The Balaban J connectivity index is 2.69. The molecule has 1 N–H and O–H groups in total. The van der Waals surface area contributed by atoms with Crippen LogP contribution in [0.25, 0.3) is 11.4 Å². The minimum atomic E-state index is -0.0712. The molecule has 2 rings (SSSR count). The largest absolute Gasteiger partial charge is 0.372 e. The summed E-state index contributed by atoms with van der Waals surface area (Å²) in [6, 6.07) is 0. The molecule has 6 heteroatoms. The molecule has 0 aromatic carbocycles. The Morgan fingerprint density at radius 3 is 2.35 bits per heavy atom. The standard InChI is InChI=1S/C14H20BrN5/c1-8-9(7-20(6)19-8)12-17-11(14(2,3)4)10(15)13(16-5)18-12/h7H,1-6H3,(H,16,17,18). The quantitative estimate of drug-likeness (QED) is 0.913. The third-order valence-corrected chi connectivity index (χ3v) is 3.80. The van der Waals surface area contributed by atoms with Gasteiger partial charge >= 0.3 is 0 Å². The average Bonchev–Trinajstić information content (AvgIpc) is 2.67. The number of nitrogens with one attached hydrogen (secondary N) is 1. The van der Waals surface area contributed by atoms with E-state index in [0.29, 0.717) is 5.82 Å². The van der Waals surface area contributed by atoms with Crippen LogP contribution in [0.3, 0.4) is 0 Å². The zero-order valence-corrected chi connectivity index (χ0v) is 14.3. The molecule has 0 radical (unpaired) electrons. The minimum absolute atomic E-state index is 0.0712. The van der Waals surface area contributed by atoms with Gasteiger partial charge in [0.15, 0.2) is 5.82 Å². The van der Waals surface area contributed by atoms with Crippen LogP contribution in [-0.2, 0) is 12.5 Å². The molecule has 0 aliphatic rings. The Morgan fingerprint density at radius 2 is 1.90 bits per heavy atom. The molecule has 0 spiro atoms. The zero-order chi connectivity index (χ0) is 15.1. The highest BCUT2D eigenvalue weighted by molar-refractivity contribution is 9.10. The van der Waals surface area contributed by atoms with Crippen molar-refractivity contribution in [1.29, 1.82) is 0 Å². The van der Waals surface area contributed by atoms with E-state index >= 15 is 0 Å². The summed E-state index contributed by atoms with van der Waals surface area (Å²) in [5.74, 6) is 1.50. The van der Waals surface area contributed by atoms with E-state index in [9.17, 15) is 0 Å². The summed E-state index contributed by atoms with van der Waals surface area (Å²) in [4.78, 5) is 9.33. The van der Waals surface area contributed by atoms with Crippen LogP contribution in [0, 0.1) is 6.92 Å². The number of aromatic nitrogens is 4. The second kappa shape index (κ2) is 5.16. The molecule has 0 amide bonds. The smallest absolute Gasteiger partial charge is 0.165 e. The van der Waals surface area contributed by atoms with Crippen molar-refractivity contribution in [3.8, 4) is 11.4 Å². The van der Waals surface area contributed by atoms with Crippen LogP contribution >= 0.6 is 15.9 Å². The maximum Gasteiger partial charge on any atom is 0.165 e. The predicted molar refractivity (Wildman–Crippen MR) is 84.9 cm³/mol. The van der Waals surface area contributed by atoms with E-state index in [4.69, 9.17) is 4.98 Å². The number of hydrogen-bond donors (Lipinski definition) is 1. The van der Waals surface area contributed by atoms with Crippen LogP contribution in [0.15, 0.2) is 10.7 Å². The number of nitrogens with zero attached hydrogens (tertiary/aromatic N) is 4. The van der Waals surface area contributed by atoms with Crippen LogP contribution in [0.1, 0.15) is 32.2 Å². The Kier molecular flexibility index (Phi) is 3.86. The first-order valence-corrected chi connectivity index (χ1v) is 7.29. The van der Waals surface area contributed by atoms with Gasteiger partial charge in [-0.25, -0.2) is 9.97 Å². The molecule has 0 saturated heterocycles. The fourth-order valence-corrected chi connectivity index (χ4v) is 3.02. The van der Waals surface area contributed by atoms with E-state index in [2.05, 4.69) is 52.1 Å². The van der Waals surface area contributed by atoms with E-state index < -0.39 is 0 Å². The van der Waals surface area contributed by atoms with Gasteiger partial charge in [-0.15, -0.1) is 0 Å². The molecule has 5 nitrogen and oxygen atoms in total. The zero-order valence-electron chi connectivity index (χ0n) is 12.7. The van der Waals surface area contributed by atoms with E-state index in [0.717, 1.165) is 27.2 Å². The van der Waals surface area contributed by atoms with Crippen molar-refractivity contribution in [1.82, 2.24) is 19.7 Å². The summed E-state index contributed by atoms with van der Waals surface area (Å²) in [5, 5.41) is 7.48. The first kappa shape index (κ1) is 15.0. The monoisotopic (exact) mass is 337 g/mol. The molecule has 0 aliphatic carbocycles. The first-order valence-electron chi connectivity index (χ1n) is 6.50. The van der Waals surface area contributed by atoms with Gasteiger partial charge in [-0.3, -0.25) is 4.68 Å². The summed E-state index contributed by atoms with van der Waals surface area (Å²) in [5.41, 5.74) is 2.80. The highest BCUT2D eigenvalue weighted by atomic mass is 79.9. The molecule has 0 atom stereocenters. The predicted octanol–water partition coefficient (Wildman–Crippen LogP) is 3.29. The summed E-state index contributed by atoms with van der Waals surface area (Å²) in [7, 11) is 3.76. The SMILES string of the molecule is CNc1nc(-c2cn(C)nc2C)nc(C(C)(C)C)c1Br. The lowest BCUT2D eigenvalue weighted by atomic mass is 9.91. The maximum atomic E-state index is 4.75. The maximum absolute atomic E-state index is 4.75. The van der Waals surface area contributed by atoms with Gasteiger partial charge in [0, 0.05) is 25.7 Å². The third kappa shape index (κ3) is 2.70. The fourth-order valence-electron chi connectivity index (χ4n) is 2.05. The second-order valence-corrected chi connectivity index (χ2v) is 6.65. The van der Waals surface area contributed by atoms with Crippen molar-refractivity contribution in [2.45, 2.75) is 33.1 Å². The molecule has 0 aliphatic heterocycles. The van der Waals surface area contributed by atoms with Gasteiger partial charge in [0.2, 0.25) is 0 Å². The normalized spacial score (nSPS) is 11.8. The van der Waals surface area contributed by atoms with E-state index in [-0.39, 0.29) is 5.41 Å². The van der Waals surface area contributed by atoms with Gasteiger partial charge < -0.3 is 5.32 Å². The van der Waals surface area contributed by atoms with Crippen LogP contribution in [0.5, 0.6) is 0 Å². The molecule has 2 aromatic rings. The van der Waals surface area contributed by atoms with Crippen LogP contribution < -0.4 is 5.32 Å². The van der Waals surface area contributed by atoms with Crippen molar-refractivity contribution < 1.29 is 0 Å². The molecule has 2 heterocycles. The summed E-state index contributed by atoms with van der Waals surface area (Å²) >= 11 is 3.60. The van der Waals surface area contributed by atoms with E-state index in [1.54, 1.807) is 4.68 Å². The molecule has 2 aromatic heterocycles. The number of rotatable bonds is 2. The van der Waals surface area contributed by atoms with Crippen LogP contribution in [-0.4, -0.2) is 26.8 Å². The topological polar surface area (TPSA) is 55.6 Å². The van der Waals surface area contributed by atoms with E-state index in [1.807, 2.05) is 27.2 Å². The molecule has 0 fully saturated rings. The fraction of sp³-hybridized carbons (Fsp3) is 0.500. The second-order valence-electron chi connectivity index (χ2n) is 5.86. The Labute approximate surface area is 128 Å². The molecule has 0 unspecified atom stereocenters. The Hall–Kier alpha value is -1.43. The van der Waals surface area contributed by atoms with Crippen molar-refractivity contribution in [3.05, 3.63) is 22.1 Å². The molecular weight excluding hydrogens is 318 g/mol. The summed E-state index contributed by atoms with van der Waals surface area (Å²) in [6.07, 6.45) is 1.95. The lowest BCUT2D eigenvalue weighted by molar-refractivity contribution is 0.564.